The summed E-state index contributed by atoms with van der Waals surface area (Å²) in [7, 11) is 0. The predicted molar refractivity (Wildman–Crippen MR) is 168 cm³/mol. The van der Waals surface area contributed by atoms with Crippen LogP contribution >= 0.6 is 11.6 Å². The number of benzene rings is 3. The molecule has 7 nitrogen and oxygen atoms in total. The summed E-state index contributed by atoms with van der Waals surface area (Å²) in [5.41, 5.74) is 3.39. The number of nitrogens with one attached hydrogen (secondary N) is 1. The molecule has 220 valence electrons. The maximum absolute atomic E-state index is 13.9. The third kappa shape index (κ3) is 6.79. The Morgan fingerprint density at radius 1 is 0.762 bits per heavy atom. The molecule has 1 atom stereocenters. The number of carbonyl (C=O) groups is 3. The molecular formula is C34H39ClN4O3. The Bertz CT molecular complexity index is 1410. The molecule has 2 fully saturated rings. The van der Waals surface area contributed by atoms with Crippen LogP contribution in [0.4, 0.5) is 11.4 Å². The predicted octanol–water partition coefficient (Wildman–Crippen LogP) is 6.45. The summed E-state index contributed by atoms with van der Waals surface area (Å²) in [5, 5.41) is 3.30. The van der Waals surface area contributed by atoms with Gasteiger partial charge in [0.15, 0.2) is 0 Å². The van der Waals surface area contributed by atoms with Crippen LogP contribution < -0.4 is 10.2 Å². The highest BCUT2D eigenvalue weighted by Crippen LogP contribution is 2.30. The number of piperidine rings is 1. The van der Waals surface area contributed by atoms with E-state index in [1.165, 1.54) is 0 Å². The number of anilines is 2. The van der Waals surface area contributed by atoms with E-state index < -0.39 is 0 Å². The van der Waals surface area contributed by atoms with Crippen molar-refractivity contribution in [2.75, 3.05) is 49.5 Å². The molecule has 0 spiro atoms. The molecule has 0 aromatic heterocycles. The molecule has 2 aliphatic heterocycles. The molecule has 0 bridgehead atoms. The second-order valence-electron chi connectivity index (χ2n) is 11.1. The standard InChI is InChI=1S/C34H39ClN4O3/c1-2-27(25-12-5-3-6-13-25)33(41)39-21-11-20-37(22-23-39)31-17-16-26(36-32(40)28-14-7-8-15-30(28)35)24-29(31)34(42)38-18-9-4-10-19-38/h3,5-8,12-17,24,27H,2,4,9-11,18-23H2,1H3,(H,36,40). The third-order valence-corrected chi connectivity index (χ3v) is 8.63. The highest BCUT2D eigenvalue weighted by Gasteiger charge is 2.29. The first-order valence-electron chi connectivity index (χ1n) is 15.0. The fraction of sp³-hybridized carbons (Fsp3) is 0.382. The molecular weight excluding hydrogens is 548 g/mol. The van der Waals surface area contributed by atoms with Gasteiger partial charge in [0.05, 0.1) is 22.1 Å². The number of carbonyl (C=O) groups excluding carboxylic acids is 3. The van der Waals surface area contributed by atoms with Crippen molar-refractivity contribution in [3.8, 4) is 0 Å². The van der Waals surface area contributed by atoms with Crippen LogP contribution in [0.1, 0.15) is 71.2 Å². The molecule has 5 rings (SSSR count). The van der Waals surface area contributed by atoms with Gasteiger partial charge in [0.2, 0.25) is 5.91 Å². The summed E-state index contributed by atoms with van der Waals surface area (Å²) in [4.78, 5) is 46.6. The first-order valence-corrected chi connectivity index (χ1v) is 15.4. The molecule has 3 aromatic rings. The first-order chi connectivity index (χ1) is 20.5. The van der Waals surface area contributed by atoms with Gasteiger partial charge in [-0.15, -0.1) is 0 Å². The molecule has 0 aliphatic carbocycles. The van der Waals surface area contributed by atoms with E-state index in [1.807, 2.05) is 52.3 Å². The molecule has 1 N–H and O–H groups in total. The van der Waals surface area contributed by atoms with Gasteiger partial charge >= 0.3 is 0 Å². The second-order valence-corrected chi connectivity index (χ2v) is 11.5. The van der Waals surface area contributed by atoms with Gasteiger partial charge in [-0.3, -0.25) is 14.4 Å². The van der Waals surface area contributed by atoms with Crippen LogP contribution in [-0.4, -0.2) is 66.8 Å². The van der Waals surface area contributed by atoms with E-state index in [2.05, 4.69) is 17.1 Å². The van der Waals surface area contributed by atoms with E-state index in [4.69, 9.17) is 11.6 Å². The zero-order chi connectivity index (χ0) is 29.5. The van der Waals surface area contributed by atoms with Crippen molar-refractivity contribution in [1.29, 1.82) is 0 Å². The minimum Gasteiger partial charge on any atom is -0.369 e. The van der Waals surface area contributed by atoms with Crippen LogP contribution in [0.25, 0.3) is 0 Å². The highest BCUT2D eigenvalue weighted by atomic mass is 35.5. The zero-order valence-corrected chi connectivity index (χ0v) is 25.0. The lowest BCUT2D eigenvalue weighted by Gasteiger charge is -2.31. The van der Waals surface area contributed by atoms with Crippen molar-refractivity contribution in [3.05, 3.63) is 94.5 Å². The van der Waals surface area contributed by atoms with Crippen LogP contribution in [-0.2, 0) is 4.79 Å². The molecule has 0 saturated carbocycles. The van der Waals surface area contributed by atoms with Crippen LogP contribution in [0.15, 0.2) is 72.8 Å². The number of halogens is 1. The van der Waals surface area contributed by atoms with Crippen molar-refractivity contribution in [2.24, 2.45) is 0 Å². The van der Waals surface area contributed by atoms with Gasteiger partial charge in [0.1, 0.15) is 0 Å². The molecule has 1 unspecified atom stereocenters. The fourth-order valence-electron chi connectivity index (χ4n) is 6.01. The quantitative estimate of drug-likeness (QED) is 0.345. The van der Waals surface area contributed by atoms with Crippen LogP contribution in [0.3, 0.4) is 0 Å². The Morgan fingerprint density at radius 2 is 1.48 bits per heavy atom. The third-order valence-electron chi connectivity index (χ3n) is 8.30. The monoisotopic (exact) mass is 586 g/mol. The van der Waals surface area contributed by atoms with E-state index >= 15 is 0 Å². The van der Waals surface area contributed by atoms with Crippen molar-refractivity contribution >= 4 is 40.7 Å². The second kappa shape index (κ2) is 13.9. The average molecular weight is 587 g/mol. The summed E-state index contributed by atoms with van der Waals surface area (Å²) in [6.07, 6.45) is 4.66. The molecule has 3 amide bonds. The zero-order valence-electron chi connectivity index (χ0n) is 24.2. The van der Waals surface area contributed by atoms with Crippen LogP contribution in [0.2, 0.25) is 5.02 Å². The smallest absolute Gasteiger partial charge is 0.257 e. The van der Waals surface area contributed by atoms with E-state index in [0.29, 0.717) is 41.5 Å². The largest absolute Gasteiger partial charge is 0.369 e. The summed E-state index contributed by atoms with van der Waals surface area (Å²) >= 11 is 6.25. The number of hydrogen-bond donors (Lipinski definition) is 1. The molecule has 2 aliphatic rings. The van der Waals surface area contributed by atoms with E-state index in [-0.39, 0.29) is 23.6 Å². The fourth-order valence-corrected chi connectivity index (χ4v) is 6.23. The minimum absolute atomic E-state index is 0.0224. The van der Waals surface area contributed by atoms with Gasteiger partial charge in [-0.05, 0) is 68.0 Å². The molecule has 8 heteroatoms. The lowest BCUT2D eigenvalue weighted by atomic mass is 9.95. The van der Waals surface area contributed by atoms with Crippen LogP contribution in [0.5, 0.6) is 0 Å². The molecule has 2 saturated heterocycles. The normalized spacial score (nSPS) is 16.5. The van der Waals surface area contributed by atoms with Gasteiger partial charge in [-0.25, -0.2) is 0 Å². The Morgan fingerprint density at radius 3 is 2.21 bits per heavy atom. The lowest BCUT2D eigenvalue weighted by Crippen LogP contribution is -2.39. The Kier molecular flexibility index (Phi) is 9.80. The Hall–Kier alpha value is -3.84. The number of hydrogen-bond acceptors (Lipinski definition) is 4. The summed E-state index contributed by atoms with van der Waals surface area (Å²) in [6, 6.07) is 22.5. The van der Waals surface area contributed by atoms with Crippen LogP contribution in [0, 0.1) is 0 Å². The molecule has 42 heavy (non-hydrogen) atoms. The maximum atomic E-state index is 13.9. The Balaban J connectivity index is 1.37. The van der Waals surface area contributed by atoms with Gasteiger partial charge in [0, 0.05) is 50.6 Å². The number of amides is 3. The van der Waals surface area contributed by atoms with Crippen molar-refractivity contribution in [2.45, 2.75) is 44.9 Å². The van der Waals surface area contributed by atoms with E-state index in [9.17, 15) is 14.4 Å². The van der Waals surface area contributed by atoms with Crippen molar-refractivity contribution in [1.82, 2.24) is 9.80 Å². The topological polar surface area (TPSA) is 73.0 Å². The highest BCUT2D eigenvalue weighted by molar-refractivity contribution is 6.34. The SMILES string of the molecule is CCC(C(=O)N1CCCN(c2ccc(NC(=O)c3ccccc3Cl)cc2C(=O)N2CCCCC2)CC1)c1ccccc1. The molecule has 0 radical (unpaired) electrons. The van der Waals surface area contributed by atoms with E-state index in [1.54, 1.807) is 30.3 Å². The van der Waals surface area contributed by atoms with Crippen molar-refractivity contribution in [3.63, 3.8) is 0 Å². The van der Waals surface area contributed by atoms with Gasteiger partial charge < -0.3 is 20.0 Å². The molecule has 2 heterocycles. The number of nitrogens with zero attached hydrogens (tertiary/aromatic N) is 3. The number of rotatable bonds is 7. The van der Waals surface area contributed by atoms with E-state index in [0.717, 1.165) is 63.0 Å². The summed E-state index contributed by atoms with van der Waals surface area (Å²) < 4.78 is 0. The summed E-state index contributed by atoms with van der Waals surface area (Å²) in [6.45, 7) is 6.15. The lowest BCUT2D eigenvalue weighted by molar-refractivity contribution is -0.132. The Labute approximate surface area is 253 Å². The van der Waals surface area contributed by atoms with Crippen molar-refractivity contribution < 1.29 is 14.4 Å². The number of likely N-dealkylation sites (tertiary alicyclic amines) is 1. The summed E-state index contributed by atoms with van der Waals surface area (Å²) in [5.74, 6) is -0.341. The van der Waals surface area contributed by atoms with Gasteiger partial charge in [-0.2, -0.15) is 0 Å². The average Bonchev–Trinajstić information content (AvgIpc) is 3.28. The maximum Gasteiger partial charge on any atom is 0.257 e. The van der Waals surface area contributed by atoms with Gasteiger partial charge in [0.25, 0.3) is 11.8 Å². The first kappa shape index (κ1) is 29.6. The molecule has 3 aromatic carbocycles. The van der Waals surface area contributed by atoms with Gasteiger partial charge in [-0.1, -0.05) is 61.0 Å². The minimum atomic E-state index is -0.322.